The van der Waals surface area contributed by atoms with Crippen molar-refractivity contribution in [3.8, 4) is 0 Å². The van der Waals surface area contributed by atoms with Gasteiger partial charge in [-0.05, 0) is 64.7 Å². The van der Waals surface area contributed by atoms with Gasteiger partial charge in [-0.15, -0.1) is 11.3 Å². The van der Waals surface area contributed by atoms with Crippen LogP contribution in [0.15, 0.2) is 4.79 Å². The molecule has 0 aromatic carbocycles. The molecule has 1 amide bonds. The van der Waals surface area contributed by atoms with Gasteiger partial charge in [0.1, 0.15) is 10.7 Å². The number of fused-ring (bicyclic) bond motifs is 1. The van der Waals surface area contributed by atoms with E-state index < -0.39 is 0 Å². The second-order valence-electron chi connectivity index (χ2n) is 6.77. The van der Waals surface area contributed by atoms with Gasteiger partial charge in [0, 0.05) is 13.6 Å². The van der Waals surface area contributed by atoms with Gasteiger partial charge >= 0.3 is 0 Å². The van der Waals surface area contributed by atoms with Crippen molar-refractivity contribution in [2.75, 3.05) is 26.2 Å². The number of likely N-dealkylation sites (tertiary alicyclic amines) is 1. The maximum atomic E-state index is 12.5. The van der Waals surface area contributed by atoms with E-state index in [0.29, 0.717) is 27.5 Å². The van der Waals surface area contributed by atoms with Crippen molar-refractivity contribution >= 4 is 27.5 Å². The number of amides is 1. The predicted octanol–water partition coefficient (Wildman–Crippen LogP) is 2.22. The molecule has 1 saturated heterocycles. The third-order valence-corrected chi connectivity index (χ3v) is 6.17. The van der Waals surface area contributed by atoms with E-state index in [1.54, 1.807) is 14.0 Å². The molecule has 2 aromatic rings. The lowest BCUT2D eigenvalue weighted by Crippen LogP contribution is -2.26. The molecule has 6 nitrogen and oxygen atoms in total. The van der Waals surface area contributed by atoms with Crippen LogP contribution in [-0.2, 0) is 7.05 Å². The molecule has 136 valence electrons. The van der Waals surface area contributed by atoms with Crippen LogP contribution >= 0.6 is 11.3 Å². The zero-order chi connectivity index (χ0) is 18.0. The van der Waals surface area contributed by atoms with Gasteiger partial charge in [0.25, 0.3) is 11.5 Å². The highest BCUT2D eigenvalue weighted by atomic mass is 32.1. The number of aryl methyl sites for hydroxylation is 2. The molecule has 1 aliphatic heterocycles. The van der Waals surface area contributed by atoms with Crippen molar-refractivity contribution in [2.24, 2.45) is 7.05 Å². The van der Waals surface area contributed by atoms with Gasteiger partial charge in [0.05, 0.1) is 10.3 Å². The molecule has 1 aliphatic rings. The molecule has 0 radical (unpaired) electrons. The predicted molar refractivity (Wildman–Crippen MR) is 102 cm³/mol. The van der Waals surface area contributed by atoms with Crippen molar-refractivity contribution in [2.45, 2.75) is 39.5 Å². The monoisotopic (exact) mass is 362 g/mol. The van der Waals surface area contributed by atoms with Gasteiger partial charge in [-0.25, -0.2) is 4.98 Å². The largest absolute Gasteiger partial charge is 0.351 e. The lowest BCUT2D eigenvalue weighted by atomic mass is 10.2. The van der Waals surface area contributed by atoms with Crippen LogP contribution in [0.1, 0.15) is 46.7 Å². The van der Waals surface area contributed by atoms with Crippen molar-refractivity contribution in [1.29, 1.82) is 0 Å². The molecular formula is C18H26N4O2S. The first-order valence-electron chi connectivity index (χ1n) is 8.96. The quantitative estimate of drug-likeness (QED) is 0.800. The lowest BCUT2D eigenvalue weighted by Gasteiger charge is -2.13. The van der Waals surface area contributed by atoms with Gasteiger partial charge in [-0.1, -0.05) is 0 Å². The SMILES string of the molecule is Cc1c(C(=O)NCCCCN2CCCC2)sc2nc(C)n(C)c(=O)c12. The molecule has 0 atom stereocenters. The van der Waals surface area contributed by atoms with Crippen LogP contribution in [0.3, 0.4) is 0 Å². The average molecular weight is 362 g/mol. The van der Waals surface area contributed by atoms with Crippen molar-refractivity contribution in [1.82, 2.24) is 19.8 Å². The van der Waals surface area contributed by atoms with Gasteiger partial charge < -0.3 is 10.2 Å². The van der Waals surface area contributed by atoms with Gasteiger partial charge in [-0.2, -0.15) is 0 Å². The summed E-state index contributed by atoms with van der Waals surface area (Å²) in [4.78, 5) is 33.1. The van der Waals surface area contributed by atoms with Crippen LogP contribution in [0.4, 0.5) is 0 Å². The van der Waals surface area contributed by atoms with Crippen molar-refractivity contribution < 1.29 is 4.79 Å². The topological polar surface area (TPSA) is 67.2 Å². The molecule has 25 heavy (non-hydrogen) atoms. The van der Waals surface area contributed by atoms with E-state index in [1.807, 2.05) is 6.92 Å². The minimum Gasteiger partial charge on any atom is -0.351 e. The number of thiophene rings is 1. The minimum absolute atomic E-state index is 0.0825. The fourth-order valence-electron chi connectivity index (χ4n) is 3.33. The molecule has 0 saturated carbocycles. The Morgan fingerprint density at radius 3 is 2.68 bits per heavy atom. The van der Waals surface area contributed by atoms with Crippen LogP contribution in [0.5, 0.6) is 0 Å². The first-order chi connectivity index (χ1) is 12.0. The molecular weight excluding hydrogens is 336 g/mol. The highest BCUT2D eigenvalue weighted by molar-refractivity contribution is 7.20. The number of aromatic nitrogens is 2. The number of carbonyl (C=O) groups is 1. The summed E-state index contributed by atoms with van der Waals surface area (Å²) < 4.78 is 1.53. The van der Waals surface area contributed by atoms with Crippen LogP contribution < -0.4 is 10.9 Å². The Kier molecular flexibility index (Phi) is 5.54. The molecule has 1 fully saturated rings. The van der Waals surface area contributed by atoms with E-state index in [1.165, 1.54) is 41.8 Å². The number of hydrogen-bond donors (Lipinski definition) is 1. The van der Waals surface area contributed by atoms with E-state index in [4.69, 9.17) is 0 Å². The molecule has 0 bridgehead atoms. The maximum Gasteiger partial charge on any atom is 0.262 e. The summed E-state index contributed by atoms with van der Waals surface area (Å²) in [5.74, 6) is 0.564. The Hall–Kier alpha value is -1.73. The lowest BCUT2D eigenvalue weighted by molar-refractivity contribution is 0.0956. The average Bonchev–Trinajstić information content (AvgIpc) is 3.20. The molecule has 0 aliphatic carbocycles. The highest BCUT2D eigenvalue weighted by Crippen LogP contribution is 2.27. The Morgan fingerprint density at radius 1 is 1.24 bits per heavy atom. The van der Waals surface area contributed by atoms with E-state index in [9.17, 15) is 9.59 Å². The van der Waals surface area contributed by atoms with Crippen LogP contribution in [0.25, 0.3) is 10.2 Å². The van der Waals surface area contributed by atoms with Crippen molar-refractivity contribution in [3.63, 3.8) is 0 Å². The standard InChI is InChI=1S/C18H26N4O2S/c1-12-14-17(20-13(2)21(3)18(14)24)25-15(12)16(23)19-8-4-5-9-22-10-6-7-11-22/h4-11H2,1-3H3,(H,19,23). The number of nitrogens with zero attached hydrogens (tertiary/aromatic N) is 3. The Labute approximate surface area is 151 Å². The van der Waals surface area contributed by atoms with E-state index in [2.05, 4.69) is 15.2 Å². The first kappa shape index (κ1) is 18.1. The van der Waals surface area contributed by atoms with E-state index in [0.717, 1.165) is 24.9 Å². The van der Waals surface area contributed by atoms with Crippen LogP contribution in [0.2, 0.25) is 0 Å². The number of hydrogen-bond acceptors (Lipinski definition) is 5. The highest BCUT2D eigenvalue weighted by Gasteiger charge is 2.19. The fraction of sp³-hybridized carbons (Fsp3) is 0.611. The Balaban J connectivity index is 1.61. The van der Waals surface area contributed by atoms with E-state index >= 15 is 0 Å². The second-order valence-corrected chi connectivity index (χ2v) is 7.77. The summed E-state index contributed by atoms with van der Waals surface area (Å²) >= 11 is 1.31. The van der Waals surface area contributed by atoms with E-state index in [-0.39, 0.29) is 11.5 Å². The normalized spacial score (nSPS) is 15.2. The summed E-state index contributed by atoms with van der Waals surface area (Å²) in [6, 6.07) is 0. The number of carbonyl (C=O) groups excluding carboxylic acids is 1. The second kappa shape index (κ2) is 7.66. The summed E-state index contributed by atoms with van der Waals surface area (Å²) in [5, 5.41) is 3.56. The minimum atomic E-state index is -0.0959. The molecule has 3 rings (SSSR count). The van der Waals surface area contributed by atoms with Gasteiger partial charge in [-0.3, -0.25) is 14.2 Å². The summed E-state index contributed by atoms with van der Waals surface area (Å²) in [6.45, 7) is 7.86. The maximum absolute atomic E-state index is 12.5. The Morgan fingerprint density at radius 2 is 1.96 bits per heavy atom. The summed E-state index contributed by atoms with van der Waals surface area (Å²) in [5.41, 5.74) is 0.656. The van der Waals surface area contributed by atoms with Gasteiger partial charge in [0.15, 0.2) is 0 Å². The summed E-state index contributed by atoms with van der Waals surface area (Å²) in [6.07, 6.45) is 4.71. The number of nitrogens with one attached hydrogen (secondary N) is 1. The Bertz CT molecular complexity index is 834. The third-order valence-electron chi connectivity index (χ3n) is 4.99. The number of unbranched alkanes of at least 4 members (excludes halogenated alkanes) is 1. The molecule has 1 N–H and O–H groups in total. The third kappa shape index (κ3) is 3.77. The molecule has 0 unspecified atom stereocenters. The number of rotatable bonds is 6. The molecule has 0 spiro atoms. The fourth-order valence-corrected chi connectivity index (χ4v) is 4.46. The first-order valence-corrected chi connectivity index (χ1v) is 9.78. The van der Waals surface area contributed by atoms with Gasteiger partial charge in [0.2, 0.25) is 0 Å². The zero-order valence-electron chi connectivity index (χ0n) is 15.2. The van der Waals surface area contributed by atoms with Crippen LogP contribution in [0, 0.1) is 13.8 Å². The van der Waals surface area contributed by atoms with Crippen LogP contribution in [-0.4, -0.2) is 46.5 Å². The smallest absolute Gasteiger partial charge is 0.262 e. The van der Waals surface area contributed by atoms with Crippen molar-refractivity contribution in [3.05, 3.63) is 26.6 Å². The summed E-state index contributed by atoms with van der Waals surface area (Å²) in [7, 11) is 1.71. The molecule has 3 heterocycles. The molecule has 2 aromatic heterocycles. The zero-order valence-corrected chi connectivity index (χ0v) is 16.0. The molecule has 7 heteroatoms.